The molecule has 0 fully saturated rings. The fraction of sp³-hybridized carbons (Fsp3) is 0.211. The van der Waals surface area contributed by atoms with Crippen LogP contribution in [0.5, 0.6) is 0 Å². The van der Waals surface area contributed by atoms with Crippen molar-refractivity contribution < 1.29 is 9.32 Å². The molecule has 5 nitrogen and oxygen atoms in total. The Bertz CT molecular complexity index is 769. The molecule has 3 aromatic rings. The molecule has 0 N–H and O–H groups in total. The fourth-order valence-corrected chi connectivity index (χ4v) is 2.85. The highest BCUT2D eigenvalue weighted by atomic mass is 16.5. The van der Waals surface area contributed by atoms with Crippen molar-refractivity contribution in [3.63, 3.8) is 0 Å². The summed E-state index contributed by atoms with van der Waals surface area (Å²) in [5.41, 5.74) is 2.91. The number of benzene rings is 1. The molecule has 3 rings (SSSR count). The van der Waals surface area contributed by atoms with Crippen molar-refractivity contribution >= 4 is 5.91 Å². The van der Waals surface area contributed by atoms with Crippen molar-refractivity contribution in [1.29, 1.82) is 0 Å². The lowest BCUT2D eigenvalue weighted by atomic mass is 10.0. The van der Waals surface area contributed by atoms with Crippen LogP contribution in [0.25, 0.3) is 0 Å². The molecule has 24 heavy (non-hydrogen) atoms. The van der Waals surface area contributed by atoms with E-state index in [4.69, 9.17) is 4.52 Å². The number of nitrogens with zero attached hydrogens (tertiary/aromatic N) is 3. The third kappa shape index (κ3) is 2.93. The van der Waals surface area contributed by atoms with E-state index in [-0.39, 0.29) is 11.9 Å². The second-order valence-corrected chi connectivity index (χ2v) is 5.68. The van der Waals surface area contributed by atoms with Gasteiger partial charge >= 0.3 is 0 Å². The summed E-state index contributed by atoms with van der Waals surface area (Å²) in [5, 5.41) is 3.89. The van der Waals surface area contributed by atoms with Gasteiger partial charge in [-0.1, -0.05) is 41.6 Å². The number of amides is 1. The molecule has 0 bridgehead atoms. The summed E-state index contributed by atoms with van der Waals surface area (Å²) in [6.07, 6.45) is 1.74. The molecule has 0 saturated carbocycles. The van der Waals surface area contributed by atoms with Crippen LogP contribution in [0.15, 0.2) is 59.3 Å². The van der Waals surface area contributed by atoms with Crippen molar-refractivity contribution in [2.45, 2.75) is 19.9 Å². The molecule has 0 aliphatic carbocycles. The Labute approximate surface area is 140 Å². The first-order valence-corrected chi connectivity index (χ1v) is 7.75. The Morgan fingerprint density at radius 2 is 1.79 bits per heavy atom. The lowest BCUT2D eigenvalue weighted by molar-refractivity contribution is 0.0750. The van der Waals surface area contributed by atoms with Gasteiger partial charge in [-0.3, -0.25) is 9.78 Å². The van der Waals surface area contributed by atoms with Crippen LogP contribution in [-0.4, -0.2) is 28.0 Å². The van der Waals surface area contributed by atoms with Crippen LogP contribution in [-0.2, 0) is 0 Å². The number of pyridine rings is 1. The quantitative estimate of drug-likeness (QED) is 0.737. The van der Waals surface area contributed by atoms with Crippen molar-refractivity contribution in [3.8, 4) is 0 Å². The first kappa shape index (κ1) is 15.9. The predicted molar refractivity (Wildman–Crippen MR) is 90.6 cm³/mol. The SMILES string of the molecule is Cc1noc(C)c1C(=O)N(C)[C@H](c1ccccc1)c1ccccn1. The van der Waals surface area contributed by atoms with E-state index in [0.717, 1.165) is 11.3 Å². The van der Waals surface area contributed by atoms with E-state index in [9.17, 15) is 4.79 Å². The summed E-state index contributed by atoms with van der Waals surface area (Å²) in [7, 11) is 1.78. The third-order valence-electron chi connectivity index (χ3n) is 4.04. The molecule has 2 heterocycles. The largest absolute Gasteiger partial charge is 0.361 e. The van der Waals surface area contributed by atoms with Crippen LogP contribution in [0.4, 0.5) is 0 Å². The molecule has 0 aliphatic heterocycles. The molecule has 0 unspecified atom stereocenters. The Hall–Kier alpha value is -2.95. The van der Waals surface area contributed by atoms with E-state index in [1.54, 1.807) is 32.0 Å². The molecule has 122 valence electrons. The van der Waals surface area contributed by atoms with Crippen molar-refractivity contribution in [1.82, 2.24) is 15.0 Å². The lowest BCUT2D eigenvalue weighted by Gasteiger charge is -2.28. The smallest absolute Gasteiger partial charge is 0.259 e. The summed E-state index contributed by atoms with van der Waals surface area (Å²) < 4.78 is 5.14. The molecule has 2 aromatic heterocycles. The van der Waals surface area contributed by atoms with Crippen LogP contribution in [0.1, 0.15) is 39.1 Å². The monoisotopic (exact) mass is 321 g/mol. The highest BCUT2D eigenvalue weighted by molar-refractivity contribution is 5.96. The number of hydrogen-bond acceptors (Lipinski definition) is 4. The second-order valence-electron chi connectivity index (χ2n) is 5.68. The van der Waals surface area contributed by atoms with E-state index >= 15 is 0 Å². The minimum Gasteiger partial charge on any atom is -0.361 e. The zero-order chi connectivity index (χ0) is 17.1. The summed E-state index contributed by atoms with van der Waals surface area (Å²) in [5.74, 6) is 0.392. The van der Waals surface area contributed by atoms with Gasteiger partial charge in [-0.25, -0.2) is 0 Å². The molecule has 0 saturated heterocycles. The zero-order valence-electron chi connectivity index (χ0n) is 13.9. The van der Waals surface area contributed by atoms with Crippen LogP contribution in [0.2, 0.25) is 0 Å². The summed E-state index contributed by atoms with van der Waals surface area (Å²) in [6, 6.07) is 15.3. The lowest BCUT2D eigenvalue weighted by Crippen LogP contribution is -2.33. The maximum absolute atomic E-state index is 13.0. The zero-order valence-corrected chi connectivity index (χ0v) is 13.9. The van der Waals surface area contributed by atoms with Gasteiger partial charge in [0.05, 0.1) is 17.4 Å². The van der Waals surface area contributed by atoms with Gasteiger partial charge < -0.3 is 9.42 Å². The molecule has 1 amide bonds. The van der Waals surface area contributed by atoms with Gasteiger partial charge in [0.2, 0.25) is 0 Å². The van der Waals surface area contributed by atoms with Crippen LogP contribution >= 0.6 is 0 Å². The third-order valence-corrected chi connectivity index (χ3v) is 4.04. The molecule has 0 aliphatic rings. The van der Waals surface area contributed by atoms with E-state index < -0.39 is 0 Å². The van der Waals surface area contributed by atoms with Crippen LogP contribution < -0.4 is 0 Å². The molecule has 5 heteroatoms. The van der Waals surface area contributed by atoms with Gasteiger partial charge in [0, 0.05) is 13.2 Å². The summed E-state index contributed by atoms with van der Waals surface area (Å²) in [4.78, 5) is 19.2. The first-order chi connectivity index (χ1) is 11.6. The maximum Gasteiger partial charge on any atom is 0.259 e. The van der Waals surface area contributed by atoms with Crippen molar-refractivity contribution in [3.05, 3.63) is 83.0 Å². The molecule has 1 atom stereocenters. The number of aryl methyl sites for hydroxylation is 2. The molecule has 0 radical (unpaired) electrons. The van der Waals surface area contributed by atoms with Crippen LogP contribution in [0, 0.1) is 13.8 Å². The average molecular weight is 321 g/mol. The fourth-order valence-electron chi connectivity index (χ4n) is 2.85. The number of hydrogen-bond donors (Lipinski definition) is 0. The van der Waals surface area contributed by atoms with Gasteiger partial charge in [-0.15, -0.1) is 0 Å². The van der Waals surface area contributed by atoms with E-state index in [2.05, 4.69) is 10.1 Å². The highest BCUT2D eigenvalue weighted by Gasteiger charge is 2.28. The standard InChI is InChI=1S/C19H19N3O2/c1-13-17(14(2)24-21-13)19(23)22(3)18(15-9-5-4-6-10-15)16-11-7-8-12-20-16/h4-12,18H,1-3H3/t18-/m1/s1. The van der Waals surface area contributed by atoms with Gasteiger partial charge in [-0.2, -0.15) is 0 Å². The normalized spacial score (nSPS) is 12.0. The number of carbonyl (C=O) groups excluding carboxylic acids is 1. The molecule has 0 spiro atoms. The highest BCUT2D eigenvalue weighted by Crippen LogP contribution is 2.28. The van der Waals surface area contributed by atoms with Gasteiger partial charge in [0.25, 0.3) is 5.91 Å². The number of carbonyl (C=O) groups is 1. The van der Waals surface area contributed by atoms with E-state index in [1.807, 2.05) is 48.5 Å². The Kier molecular flexibility index (Phi) is 4.42. The van der Waals surface area contributed by atoms with Crippen molar-refractivity contribution in [2.24, 2.45) is 0 Å². The molecule has 1 aromatic carbocycles. The topological polar surface area (TPSA) is 59.2 Å². The van der Waals surface area contributed by atoms with E-state index in [0.29, 0.717) is 17.0 Å². The molecular formula is C19H19N3O2. The number of rotatable bonds is 4. The minimum absolute atomic E-state index is 0.134. The maximum atomic E-state index is 13.0. The average Bonchev–Trinajstić information content (AvgIpc) is 2.95. The predicted octanol–water partition coefficient (Wildman–Crippen LogP) is 3.55. The summed E-state index contributed by atoms with van der Waals surface area (Å²) >= 11 is 0. The Morgan fingerprint density at radius 1 is 1.08 bits per heavy atom. The van der Waals surface area contributed by atoms with Crippen molar-refractivity contribution in [2.75, 3.05) is 7.05 Å². The summed E-state index contributed by atoms with van der Waals surface area (Å²) in [6.45, 7) is 3.52. The number of aromatic nitrogens is 2. The van der Waals surface area contributed by atoms with Gasteiger partial charge in [-0.05, 0) is 31.5 Å². The molecular weight excluding hydrogens is 302 g/mol. The van der Waals surface area contributed by atoms with Gasteiger partial charge in [0.1, 0.15) is 11.3 Å². The minimum atomic E-state index is -0.284. The van der Waals surface area contributed by atoms with Crippen LogP contribution in [0.3, 0.4) is 0 Å². The van der Waals surface area contributed by atoms with E-state index in [1.165, 1.54) is 0 Å². The first-order valence-electron chi connectivity index (χ1n) is 7.75. The Balaban J connectivity index is 2.04. The van der Waals surface area contributed by atoms with Gasteiger partial charge in [0.15, 0.2) is 0 Å². The Morgan fingerprint density at radius 3 is 2.38 bits per heavy atom. The second kappa shape index (κ2) is 6.66.